The second kappa shape index (κ2) is 6.25. The number of amides is 1. The number of carbonyl (C=O) groups excluding carboxylic acids is 1. The van der Waals surface area contributed by atoms with Crippen LogP contribution in [0.4, 0.5) is 10.2 Å². The Balaban J connectivity index is 1.82. The first kappa shape index (κ1) is 16.2. The Kier molecular flexibility index (Phi) is 3.90. The first-order chi connectivity index (χ1) is 12.5. The molecule has 0 saturated heterocycles. The molecule has 1 aliphatic rings. The molecule has 2 unspecified atom stereocenters. The highest BCUT2D eigenvalue weighted by molar-refractivity contribution is 5.99. The molecule has 134 valence electrons. The highest BCUT2D eigenvalue weighted by Gasteiger charge is 2.21. The second-order valence-corrected chi connectivity index (χ2v) is 6.19. The van der Waals surface area contributed by atoms with Gasteiger partial charge in [0.25, 0.3) is 5.91 Å². The number of fused-ring (bicyclic) bond motifs is 2. The van der Waals surface area contributed by atoms with Gasteiger partial charge in [-0.1, -0.05) is 0 Å². The van der Waals surface area contributed by atoms with Gasteiger partial charge < -0.3 is 15.4 Å². The average molecular weight is 356 g/mol. The maximum Gasteiger partial charge on any atom is 0.256 e. The van der Waals surface area contributed by atoms with Gasteiger partial charge in [-0.3, -0.25) is 4.79 Å². The number of rotatable bonds is 0. The van der Waals surface area contributed by atoms with Gasteiger partial charge in [0, 0.05) is 11.8 Å². The molecule has 2 atom stereocenters. The van der Waals surface area contributed by atoms with Crippen molar-refractivity contribution < 1.29 is 13.9 Å². The van der Waals surface area contributed by atoms with Crippen LogP contribution in [0, 0.1) is 5.82 Å². The molecule has 4 heterocycles. The summed E-state index contributed by atoms with van der Waals surface area (Å²) in [6, 6.07) is 2.80. The molecule has 0 fully saturated rings. The number of halogens is 1. The fourth-order valence-electron chi connectivity index (χ4n) is 2.82. The molecule has 3 aromatic rings. The number of aromatic nitrogens is 4. The minimum atomic E-state index is -0.451. The van der Waals surface area contributed by atoms with Crippen LogP contribution in [0.5, 0.6) is 5.88 Å². The third kappa shape index (κ3) is 2.92. The Bertz CT molecular complexity index is 989. The molecule has 9 heteroatoms. The lowest BCUT2D eigenvalue weighted by molar-refractivity contribution is 0.0932. The van der Waals surface area contributed by atoms with Crippen LogP contribution in [0.1, 0.15) is 35.8 Å². The third-order valence-electron chi connectivity index (χ3n) is 4.15. The molecule has 0 aliphatic carbocycles. The summed E-state index contributed by atoms with van der Waals surface area (Å²) < 4.78 is 21.1. The van der Waals surface area contributed by atoms with Crippen LogP contribution >= 0.6 is 0 Å². The molecule has 4 rings (SSSR count). The minimum absolute atomic E-state index is 0.260. The molecule has 3 aromatic heterocycles. The predicted octanol–water partition coefficient (Wildman–Crippen LogP) is 1.95. The lowest BCUT2D eigenvalue weighted by Crippen LogP contribution is -2.34. The van der Waals surface area contributed by atoms with E-state index in [9.17, 15) is 9.18 Å². The Morgan fingerprint density at radius 1 is 1.35 bits per heavy atom. The molecule has 26 heavy (non-hydrogen) atoms. The molecular weight excluding hydrogens is 339 g/mol. The van der Waals surface area contributed by atoms with Crippen molar-refractivity contribution in [3.8, 4) is 5.88 Å². The zero-order chi connectivity index (χ0) is 18.3. The van der Waals surface area contributed by atoms with Crippen LogP contribution in [-0.2, 0) is 0 Å². The molecule has 2 bridgehead atoms. The van der Waals surface area contributed by atoms with Crippen molar-refractivity contribution in [2.75, 3.05) is 11.9 Å². The lowest BCUT2D eigenvalue weighted by Gasteiger charge is -2.20. The summed E-state index contributed by atoms with van der Waals surface area (Å²) in [5.41, 5.74) is 1.37. The van der Waals surface area contributed by atoms with Crippen molar-refractivity contribution in [2.45, 2.75) is 26.0 Å². The van der Waals surface area contributed by atoms with Gasteiger partial charge in [-0.25, -0.2) is 18.9 Å². The van der Waals surface area contributed by atoms with Crippen LogP contribution in [-0.4, -0.2) is 38.1 Å². The van der Waals surface area contributed by atoms with E-state index in [0.717, 1.165) is 6.20 Å². The Hall–Kier alpha value is -3.23. The van der Waals surface area contributed by atoms with Crippen molar-refractivity contribution in [2.24, 2.45) is 0 Å². The largest absolute Gasteiger partial charge is 0.473 e. The summed E-state index contributed by atoms with van der Waals surface area (Å²) in [4.78, 5) is 21.0. The molecule has 8 nitrogen and oxygen atoms in total. The van der Waals surface area contributed by atoms with Gasteiger partial charge >= 0.3 is 0 Å². The van der Waals surface area contributed by atoms with Gasteiger partial charge in [0.05, 0.1) is 25.0 Å². The molecule has 0 saturated carbocycles. The van der Waals surface area contributed by atoms with Crippen molar-refractivity contribution in [1.29, 1.82) is 0 Å². The first-order valence-electron chi connectivity index (χ1n) is 8.22. The van der Waals surface area contributed by atoms with Crippen molar-refractivity contribution in [3.63, 3.8) is 0 Å². The van der Waals surface area contributed by atoms with Crippen molar-refractivity contribution in [3.05, 3.63) is 47.7 Å². The van der Waals surface area contributed by atoms with Crippen LogP contribution in [0.15, 0.2) is 30.7 Å². The van der Waals surface area contributed by atoms with E-state index < -0.39 is 5.82 Å². The standard InChI is InChI=1S/C17H17FN6O2/c1-9-6-19-16(25)13-8-21-24-4-3-14(23-15(13)24)22-10(2)12-5-11(18)7-20-17(12)26-9/h3-5,7-10H,6H2,1-2H3,(H,19,25)(H,22,23). The van der Waals surface area contributed by atoms with Crippen molar-refractivity contribution in [1.82, 2.24) is 24.9 Å². The first-order valence-corrected chi connectivity index (χ1v) is 8.22. The van der Waals surface area contributed by atoms with Crippen LogP contribution < -0.4 is 15.4 Å². The summed E-state index contributed by atoms with van der Waals surface area (Å²) in [7, 11) is 0. The molecule has 1 aliphatic heterocycles. The summed E-state index contributed by atoms with van der Waals surface area (Å²) in [6.45, 7) is 3.93. The highest BCUT2D eigenvalue weighted by Crippen LogP contribution is 2.27. The summed E-state index contributed by atoms with van der Waals surface area (Å²) >= 11 is 0. The quantitative estimate of drug-likeness (QED) is 0.639. The molecule has 0 spiro atoms. The number of ether oxygens (including phenoxy) is 1. The van der Waals surface area contributed by atoms with Gasteiger partial charge in [-0.2, -0.15) is 5.10 Å². The van der Waals surface area contributed by atoms with E-state index in [1.54, 1.807) is 19.2 Å². The number of hydrogen-bond donors (Lipinski definition) is 2. The van der Waals surface area contributed by atoms with E-state index in [0.29, 0.717) is 28.5 Å². The number of pyridine rings is 1. The van der Waals surface area contributed by atoms with E-state index in [1.807, 2.05) is 6.92 Å². The molecule has 1 amide bonds. The Labute approximate surface area is 148 Å². The zero-order valence-corrected chi connectivity index (χ0v) is 14.2. The number of anilines is 1. The maximum absolute atomic E-state index is 13.7. The Morgan fingerprint density at radius 3 is 3.04 bits per heavy atom. The molecule has 0 radical (unpaired) electrons. The van der Waals surface area contributed by atoms with Gasteiger partial charge in [0.15, 0.2) is 5.65 Å². The Morgan fingerprint density at radius 2 is 2.19 bits per heavy atom. The van der Waals surface area contributed by atoms with Gasteiger partial charge in [-0.05, 0) is 26.0 Å². The van der Waals surface area contributed by atoms with Crippen LogP contribution in [0.3, 0.4) is 0 Å². The van der Waals surface area contributed by atoms with E-state index in [-0.39, 0.29) is 24.6 Å². The fourth-order valence-corrected chi connectivity index (χ4v) is 2.82. The fraction of sp³-hybridized carbons (Fsp3) is 0.294. The predicted molar refractivity (Wildman–Crippen MR) is 91.6 cm³/mol. The topological polar surface area (TPSA) is 93.4 Å². The minimum Gasteiger partial charge on any atom is -0.473 e. The van der Waals surface area contributed by atoms with E-state index in [4.69, 9.17) is 4.74 Å². The molecule has 0 aromatic carbocycles. The van der Waals surface area contributed by atoms with E-state index >= 15 is 0 Å². The number of nitrogens with one attached hydrogen (secondary N) is 2. The summed E-state index contributed by atoms with van der Waals surface area (Å²) in [6.07, 6.45) is 3.93. The van der Waals surface area contributed by atoms with E-state index in [1.165, 1.54) is 16.8 Å². The molecule has 2 N–H and O–H groups in total. The molecular formula is C17H17FN6O2. The summed E-state index contributed by atoms with van der Waals surface area (Å²) in [5, 5.41) is 10.1. The maximum atomic E-state index is 13.7. The number of carbonyl (C=O) groups is 1. The second-order valence-electron chi connectivity index (χ2n) is 6.19. The zero-order valence-electron chi connectivity index (χ0n) is 14.2. The normalized spacial score (nSPS) is 20.2. The summed E-state index contributed by atoms with van der Waals surface area (Å²) in [5.74, 6) is 0.103. The SMILES string of the molecule is CC1CNC(=O)c2cnn3ccc(nc23)NC(C)c2cc(F)cnc2O1. The monoisotopic (exact) mass is 356 g/mol. The number of nitrogens with zero attached hydrogens (tertiary/aromatic N) is 4. The van der Waals surface area contributed by atoms with Gasteiger partial charge in [0.2, 0.25) is 5.88 Å². The highest BCUT2D eigenvalue weighted by atomic mass is 19.1. The van der Waals surface area contributed by atoms with Gasteiger partial charge in [0.1, 0.15) is 23.3 Å². The van der Waals surface area contributed by atoms with Crippen LogP contribution in [0.25, 0.3) is 5.65 Å². The average Bonchev–Trinajstić information content (AvgIpc) is 3.03. The van der Waals surface area contributed by atoms with E-state index in [2.05, 4.69) is 25.7 Å². The lowest BCUT2D eigenvalue weighted by atomic mass is 10.1. The van der Waals surface area contributed by atoms with Crippen molar-refractivity contribution >= 4 is 17.4 Å². The third-order valence-corrected chi connectivity index (χ3v) is 4.15. The number of hydrogen-bond acceptors (Lipinski definition) is 6. The van der Waals surface area contributed by atoms with Gasteiger partial charge in [-0.15, -0.1) is 0 Å². The van der Waals surface area contributed by atoms with Crippen LogP contribution in [0.2, 0.25) is 0 Å². The smallest absolute Gasteiger partial charge is 0.256 e.